The fourth-order valence-electron chi connectivity index (χ4n) is 3.58. The van der Waals surface area contributed by atoms with E-state index in [1.54, 1.807) is 19.3 Å². The van der Waals surface area contributed by atoms with Crippen LogP contribution in [0.5, 0.6) is 0 Å². The maximum Gasteiger partial charge on any atom is 0 e. The smallest absolute Gasteiger partial charge is 0 e. The zero-order chi connectivity index (χ0) is 10.5. The predicted octanol–water partition coefficient (Wildman–Crippen LogP) is 6.26. The van der Waals surface area contributed by atoms with Crippen molar-refractivity contribution < 1.29 is 32.7 Å². The van der Waals surface area contributed by atoms with Gasteiger partial charge in [0.1, 0.15) is 0 Å². The predicted molar refractivity (Wildman–Crippen MR) is 80.1 cm³/mol. The van der Waals surface area contributed by atoms with Gasteiger partial charge in [0.05, 0.1) is 0 Å². The molecule has 107 valence electrons. The maximum absolute atomic E-state index is 2.49. The van der Waals surface area contributed by atoms with Gasteiger partial charge in [0, 0.05) is 32.7 Å². The molecule has 0 atom stereocenters. The van der Waals surface area contributed by atoms with Crippen molar-refractivity contribution in [3.8, 4) is 0 Å². The molecule has 1 heteroatoms. The van der Waals surface area contributed by atoms with Gasteiger partial charge >= 0.3 is 0 Å². The van der Waals surface area contributed by atoms with E-state index in [0.717, 1.165) is 17.8 Å². The number of hydrogen-bond acceptors (Lipinski definition) is 0. The Hall–Kier alpha value is 1.10. The van der Waals surface area contributed by atoms with E-state index in [2.05, 4.69) is 13.3 Å². The SMILES string of the molecule is C.C.CCC1CCC(CC2CC[CH-]CC2)CC1.[Y]. The average molecular weight is 328 g/mol. The first-order valence-electron chi connectivity index (χ1n) is 7.20. The van der Waals surface area contributed by atoms with Crippen molar-refractivity contribution in [3.63, 3.8) is 0 Å². The summed E-state index contributed by atoms with van der Waals surface area (Å²) in [7, 11) is 0. The fourth-order valence-corrected chi connectivity index (χ4v) is 3.58. The molecule has 0 aromatic heterocycles. The Morgan fingerprint density at radius 2 is 1.22 bits per heavy atom. The molecule has 2 saturated carbocycles. The molecule has 18 heavy (non-hydrogen) atoms. The molecule has 0 spiro atoms. The largest absolute Gasteiger partial charge is 0.328 e. The molecular weight excluding hydrogens is 293 g/mol. The van der Waals surface area contributed by atoms with E-state index in [-0.39, 0.29) is 47.6 Å². The summed E-state index contributed by atoms with van der Waals surface area (Å²) < 4.78 is 0. The third-order valence-corrected chi connectivity index (χ3v) is 4.77. The summed E-state index contributed by atoms with van der Waals surface area (Å²) in [4.78, 5) is 0. The zero-order valence-electron chi connectivity index (χ0n) is 11.0. The molecule has 0 saturated heterocycles. The van der Waals surface area contributed by atoms with Crippen molar-refractivity contribution in [1.82, 2.24) is 0 Å². The second-order valence-corrected chi connectivity index (χ2v) is 5.84. The topological polar surface area (TPSA) is 0 Å². The van der Waals surface area contributed by atoms with Crippen LogP contribution in [-0.4, -0.2) is 0 Å². The van der Waals surface area contributed by atoms with Crippen LogP contribution in [0.25, 0.3) is 0 Å². The van der Waals surface area contributed by atoms with Gasteiger partial charge in [0.2, 0.25) is 0 Å². The Bertz CT molecular complexity index is 164. The quantitative estimate of drug-likeness (QED) is 0.537. The molecule has 0 aromatic rings. The van der Waals surface area contributed by atoms with Crippen molar-refractivity contribution >= 4 is 0 Å². The van der Waals surface area contributed by atoms with Gasteiger partial charge in [-0.3, -0.25) is 0 Å². The van der Waals surface area contributed by atoms with Gasteiger partial charge in [-0.15, -0.1) is 0 Å². The van der Waals surface area contributed by atoms with Crippen LogP contribution in [0, 0.1) is 24.2 Å². The van der Waals surface area contributed by atoms with Gasteiger partial charge in [-0.25, -0.2) is 0 Å². The first-order valence-corrected chi connectivity index (χ1v) is 7.20. The Morgan fingerprint density at radius 1 is 0.778 bits per heavy atom. The van der Waals surface area contributed by atoms with Crippen LogP contribution in [0.15, 0.2) is 0 Å². The van der Waals surface area contributed by atoms with E-state index in [1.165, 1.54) is 44.9 Å². The van der Waals surface area contributed by atoms with E-state index in [4.69, 9.17) is 0 Å². The summed E-state index contributed by atoms with van der Waals surface area (Å²) in [6.07, 6.45) is 17.4. The molecule has 0 aromatic carbocycles. The monoisotopic (exact) mass is 328 g/mol. The van der Waals surface area contributed by atoms with Gasteiger partial charge in [0.15, 0.2) is 0 Å². The molecule has 0 N–H and O–H groups in total. The van der Waals surface area contributed by atoms with E-state index in [1.807, 2.05) is 0 Å². The first-order chi connectivity index (χ1) is 7.38. The normalized spacial score (nSPS) is 28.5. The van der Waals surface area contributed by atoms with E-state index in [9.17, 15) is 0 Å². The second-order valence-electron chi connectivity index (χ2n) is 5.84. The summed E-state index contributed by atoms with van der Waals surface area (Å²) in [5.41, 5.74) is 0. The summed E-state index contributed by atoms with van der Waals surface area (Å²) >= 11 is 0. The van der Waals surface area contributed by atoms with Crippen LogP contribution in [0.4, 0.5) is 0 Å². The zero-order valence-corrected chi connectivity index (χ0v) is 13.8. The standard InChI is InChI=1S/C15H27.2CH4.Y/c1-2-13-8-10-15(11-9-13)12-14-6-4-3-5-7-14;;;/h3,13-15H,2,4-12H2,1H3;2*1H4;/q-1;;;. The minimum absolute atomic E-state index is 0. The Balaban J connectivity index is 0. The number of hydrogen-bond donors (Lipinski definition) is 0. The van der Waals surface area contributed by atoms with Crippen LogP contribution in [0.3, 0.4) is 0 Å². The number of rotatable bonds is 3. The molecule has 2 fully saturated rings. The molecule has 0 bridgehead atoms. The van der Waals surface area contributed by atoms with Crippen molar-refractivity contribution in [2.24, 2.45) is 17.8 Å². The van der Waals surface area contributed by atoms with Gasteiger partial charge < -0.3 is 6.42 Å². The van der Waals surface area contributed by atoms with Crippen molar-refractivity contribution in [2.75, 3.05) is 0 Å². The third kappa shape index (κ3) is 7.04. The van der Waals surface area contributed by atoms with Crippen LogP contribution in [0.2, 0.25) is 0 Å². The van der Waals surface area contributed by atoms with Gasteiger partial charge in [0.25, 0.3) is 0 Å². The van der Waals surface area contributed by atoms with E-state index >= 15 is 0 Å². The van der Waals surface area contributed by atoms with Crippen molar-refractivity contribution in [2.45, 2.75) is 86.0 Å². The first kappa shape index (κ1) is 21.4. The average Bonchev–Trinajstić information content (AvgIpc) is 2.31. The molecule has 0 nitrogen and oxygen atoms in total. The van der Waals surface area contributed by atoms with Crippen LogP contribution >= 0.6 is 0 Å². The summed E-state index contributed by atoms with van der Waals surface area (Å²) in [5, 5.41) is 0. The maximum atomic E-state index is 2.49. The van der Waals surface area contributed by atoms with Crippen LogP contribution in [0.1, 0.15) is 86.0 Å². The van der Waals surface area contributed by atoms with Crippen LogP contribution in [-0.2, 0) is 32.7 Å². The molecule has 0 unspecified atom stereocenters. The Kier molecular flexibility index (Phi) is 14.1. The summed E-state index contributed by atoms with van der Waals surface area (Å²) in [6.45, 7) is 2.36. The van der Waals surface area contributed by atoms with E-state index < -0.39 is 0 Å². The molecule has 0 aliphatic heterocycles. The Labute approximate surface area is 142 Å². The van der Waals surface area contributed by atoms with Crippen molar-refractivity contribution in [3.05, 3.63) is 6.42 Å². The summed E-state index contributed by atoms with van der Waals surface area (Å²) in [5.74, 6) is 3.25. The Morgan fingerprint density at radius 3 is 1.72 bits per heavy atom. The molecule has 0 heterocycles. The fraction of sp³-hybridized carbons (Fsp3) is 0.941. The molecule has 0 amide bonds. The molecular formula is C17H35Y-. The van der Waals surface area contributed by atoms with Crippen LogP contribution < -0.4 is 0 Å². The third-order valence-electron chi connectivity index (χ3n) is 4.77. The molecule has 2 aliphatic rings. The minimum Gasteiger partial charge on any atom is -0.328 e. The van der Waals surface area contributed by atoms with Gasteiger partial charge in [-0.05, 0) is 24.2 Å². The van der Waals surface area contributed by atoms with Crippen molar-refractivity contribution in [1.29, 1.82) is 0 Å². The second kappa shape index (κ2) is 11.9. The van der Waals surface area contributed by atoms with Gasteiger partial charge in [-0.2, -0.15) is 12.8 Å². The molecule has 2 rings (SSSR count). The van der Waals surface area contributed by atoms with Gasteiger partial charge in [-0.1, -0.05) is 66.7 Å². The molecule has 2 aliphatic carbocycles. The summed E-state index contributed by atoms with van der Waals surface area (Å²) in [6, 6.07) is 0. The molecule has 1 radical (unpaired) electrons. The minimum atomic E-state index is 0. The van der Waals surface area contributed by atoms with E-state index in [0.29, 0.717) is 0 Å².